The molecule has 1 aromatic rings. The number of rotatable bonds is 6. The Morgan fingerprint density at radius 3 is 2.31 bits per heavy atom. The number of Topliss-reactive ketones (excluding diaryl/α,β-unsaturated/α-hetero) is 1. The first kappa shape index (κ1) is 13.4. The third-order valence-corrected chi connectivity index (χ3v) is 3.20. The van der Waals surface area contributed by atoms with Gasteiger partial charge in [0.1, 0.15) is 5.69 Å². The summed E-state index contributed by atoms with van der Waals surface area (Å²) >= 11 is 3.27. The van der Waals surface area contributed by atoms with Gasteiger partial charge in [-0.3, -0.25) is 4.79 Å². The molecule has 0 aliphatic carbocycles. The summed E-state index contributed by atoms with van der Waals surface area (Å²) in [6, 6.07) is 0. The van der Waals surface area contributed by atoms with Crippen LogP contribution in [0, 0.1) is 5.92 Å². The molecule has 0 saturated heterocycles. The lowest BCUT2D eigenvalue weighted by Gasteiger charge is -2.13. The molecule has 0 amide bonds. The van der Waals surface area contributed by atoms with Gasteiger partial charge in [0.15, 0.2) is 10.4 Å². The van der Waals surface area contributed by atoms with Crippen LogP contribution in [-0.4, -0.2) is 20.8 Å². The number of ketones is 1. The summed E-state index contributed by atoms with van der Waals surface area (Å²) in [7, 11) is 1.75. The molecule has 0 aromatic carbocycles. The van der Waals surface area contributed by atoms with Gasteiger partial charge in [-0.2, -0.15) is 0 Å². The van der Waals surface area contributed by atoms with Crippen LogP contribution in [0.3, 0.4) is 0 Å². The molecule has 0 spiro atoms. The van der Waals surface area contributed by atoms with E-state index in [1.54, 1.807) is 11.7 Å². The number of aromatic nitrogens is 3. The van der Waals surface area contributed by atoms with E-state index in [0.29, 0.717) is 10.3 Å². The Morgan fingerprint density at radius 1 is 1.38 bits per heavy atom. The Bertz CT molecular complexity index is 337. The molecule has 0 N–H and O–H groups in total. The zero-order chi connectivity index (χ0) is 12.1. The van der Waals surface area contributed by atoms with Gasteiger partial charge < -0.3 is 0 Å². The summed E-state index contributed by atoms with van der Waals surface area (Å²) in [6.07, 6.45) is 3.92. The van der Waals surface area contributed by atoms with Crippen LogP contribution in [-0.2, 0) is 7.05 Å². The van der Waals surface area contributed by atoms with Crippen LogP contribution in [0.5, 0.6) is 0 Å². The van der Waals surface area contributed by atoms with Crippen molar-refractivity contribution in [2.24, 2.45) is 13.0 Å². The Hall–Kier alpha value is -0.710. The highest BCUT2D eigenvalue weighted by atomic mass is 79.9. The molecule has 0 unspecified atom stereocenters. The lowest BCUT2D eigenvalue weighted by molar-refractivity contribution is 0.0894. The molecular weight excluding hydrogens is 270 g/mol. The summed E-state index contributed by atoms with van der Waals surface area (Å²) in [4.78, 5) is 12.3. The van der Waals surface area contributed by atoms with Gasteiger partial charge in [-0.05, 0) is 28.8 Å². The normalized spacial score (nSPS) is 11.1. The van der Waals surface area contributed by atoms with E-state index >= 15 is 0 Å². The maximum absolute atomic E-state index is 12.3. The molecule has 1 heterocycles. The predicted molar refractivity (Wildman–Crippen MR) is 66.3 cm³/mol. The molecule has 0 atom stereocenters. The van der Waals surface area contributed by atoms with Crippen molar-refractivity contribution >= 4 is 21.7 Å². The van der Waals surface area contributed by atoms with Gasteiger partial charge in [0, 0.05) is 13.0 Å². The second-order valence-electron chi connectivity index (χ2n) is 3.99. The van der Waals surface area contributed by atoms with E-state index in [1.165, 1.54) is 0 Å². The summed E-state index contributed by atoms with van der Waals surface area (Å²) in [6.45, 7) is 4.21. The van der Waals surface area contributed by atoms with Gasteiger partial charge in [-0.25, -0.2) is 4.68 Å². The summed E-state index contributed by atoms with van der Waals surface area (Å²) in [5.41, 5.74) is 0.590. The zero-order valence-corrected chi connectivity index (χ0v) is 11.6. The third kappa shape index (κ3) is 2.90. The van der Waals surface area contributed by atoms with E-state index in [1.807, 2.05) is 0 Å². The van der Waals surface area contributed by atoms with Gasteiger partial charge in [0.2, 0.25) is 0 Å². The Labute approximate surface area is 105 Å². The van der Waals surface area contributed by atoms with E-state index in [-0.39, 0.29) is 11.7 Å². The van der Waals surface area contributed by atoms with Crippen LogP contribution in [0.1, 0.15) is 50.0 Å². The maximum atomic E-state index is 12.3. The number of carbonyl (C=O) groups excluding carboxylic acids is 1. The number of carbonyl (C=O) groups is 1. The van der Waals surface area contributed by atoms with Gasteiger partial charge in [0.25, 0.3) is 0 Å². The molecule has 1 rings (SSSR count). The molecule has 5 heteroatoms. The first-order valence-electron chi connectivity index (χ1n) is 5.71. The summed E-state index contributed by atoms with van der Waals surface area (Å²) < 4.78 is 2.10. The van der Waals surface area contributed by atoms with E-state index < -0.39 is 0 Å². The first-order valence-corrected chi connectivity index (χ1v) is 6.50. The van der Waals surface area contributed by atoms with Gasteiger partial charge in [-0.1, -0.05) is 31.9 Å². The zero-order valence-electron chi connectivity index (χ0n) is 10.0. The minimum atomic E-state index is 0.100. The van der Waals surface area contributed by atoms with E-state index in [4.69, 9.17) is 0 Å². The average molecular weight is 288 g/mol. The minimum Gasteiger partial charge on any atom is -0.292 e. The molecule has 0 fully saturated rings. The quantitative estimate of drug-likeness (QED) is 0.756. The fourth-order valence-corrected chi connectivity index (χ4v) is 2.41. The lowest BCUT2D eigenvalue weighted by atomic mass is 9.92. The molecule has 0 bridgehead atoms. The standard InChI is InChI=1S/C11H18BrN3O/c1-4-6-8(7-5-2)10(16)9-11(12)13-14-15(9)3/h8H,4-7H2,1-3H3. The van der Waals surface area contributed by atoms with Crippen molar-refractivity contribution in [2.75, 3.05) is 0 Å². The second-order valence-corrected chi connectivity index (χ2v) is 4.74. The highest BCUT2D eigenvalue weighted by molar-refractivity contribution is 9.10. The van der Waals surface area contributed by atoms with Crippen LogP contribution in [0.15, 0.2) is 4.60 Å². The monoisotopic (exact) mass is 287 g/mol. The van der Waals surface area contributed by atoms with Crippen molar-refractivity contribution < 1.29 is 4.79 Å². The SMILES string of the molecule is CCCC(CCC)C(=O)c1c(Br)nnn1C. The number of nitrogens with zero attached hydrogens (tertiary/aromatic N) is 3. The topological polar surface area (TPSA) is 47.8 Å². The number of halogens is 1. The fraction of sp³-hybridized carbons (Fsp3) is 0.727. The van der Waals surface area contributed by atoms with Crippen molar-refractivity contribution in [3.05, 3.63) is 10.3 Å². The second kappa shape index (κ2) is 6.13. The van der Waals surface area contributed by atoms with Crippen LogP contribution in [0.4, 0.5) is 0 Å². The molecule has 0 aliphatic heterocycles. The van der Waals surface area contributed by atoms with Gasteiger partial charge in [-0.15, -0.1) is 5.10 Å². The highest BCUT2D eigenvalue weighted by Crippen LogP contribution is 2.22. The van der Waals surface area contributed by atoms with Gasteiger partial charge >= 0.3 is 0 Å². The summed E-state index contributed by atoms with van der Waals surface area (Å²) in [5, 5.41) is 7.69. The Kier molecular flexibility index (Phi) is 5.12. The molecule has 1 aromatic heterocycles. The summed E-state index contributed by atoms with van der Waals surface area (Å²) in [5.74, 6) is 0.256. The van der Waals surface area contributed by atoms with Crippen molar-refractivity contribution in [3.8, 4) is 0 Å². The average Bonchev–Trinajstić information content (AvgIpc) is 2.57. The number of hydrogen-bond donors (Lipinski definition) is 0. The van der Waals surface area contributed by atoms with Crippen molar-refractivity contribution in [1.82, 2.24) is 15.0 Å². The lowest BCUT2D eigenvalue weighted by Crippen LogP contribution is -2.18. The van der Waals surface area contributed by atoms with Crippen molar-refractivity contribution in [3.63, 3.8) is 0 Å². The molecule has 90 valence electrons. The van der Waals surface area contributed by atoms with Crippen molar-refractivity contribution in [2.45, 2.75) is 39.5 Å². The third-order valence-electron chi connectivity index (χ3n) is 2.66. The van der Waals surface area contributed by atoms with E-state index in [0.717, 1.165) is 25.7 Å². The first-order chi connectivity index (χ1) is 7.61. The van der Waals surface area contributed by atoms with E-state index in [9.17, 15) is 4.79 Å². The van der Waals surface area contributed by atoms with Crippen LogP contribution < -0.4 is 0 Å². The smallest absolute Gasteiger partial charge is 0.186 e. The van der Waals surface area contributed by atoms with Crippen LogP contribution in [0.25, 0.3) is 0 Å². The van der Waals surface area contributed by atoms with Crippen molar-refractivity contribution in [1.29, 1.82) is 0 Å². The molecular formula is C11H18BrN3O. The molecule has 0 radical (unpaired) electrons. The van der Waals surface area contributed by atoms with Gasteiger partial charge in [0.05, 0.1) is 0 Å². The molecule has 16 heavy (non-hydrogen) atoms. The number of hydrogen-bond acceptors (Lipinski definition) is 3. The van der Waals surface area contributed by atoms with Crippen LogP contribution in [0.2, 0.25) is 0 Å². The molecule has 0 saturated carbocycles. The number of aryl methyl sites for hydroxylation is 1. The van der Waals surface area contributed by atoms with Crippen LogP contribution >= 0.6 is 15.9 Å². The molecule has 4 nitrogen and oxygen atoms in total. The minimum absolute atomic E-state index is 0.100. The Morgan fingerprint density at radius 2 is 1.94 bits per heavy atom. The maximum Gasteiger partial charge on any atom is 0.186 e. The van der Waals surface area contributed by atoms with E-state index in [2.05, 4.69) is 40.1 Å². The molecule has 0 aliphatic rings. The largest absolute Gasteiger partial charge is 0.292 e. The highest BCUT2D eigenvalue weighted by Gasteiger charge is 2.24. The Balaban J connectivity index is 2.89. The fourth-order valence-electron chi connectivity index (χ4n) is 1.89. The predicted octanol–water partition coefficient (Wildman–Crippen LogP) is 2.98.